The molecular weight excluding hydrogens is 302 g/mol. The maximum Gasteiger partial charge on any atom is 0.248 e. The van der Waals surface area contributed by atoms with Gasteiger partial charge in [-0.05, 0) is 19.1 Å². The Labute approximate surface area is 133 Å². The van der Waals surface area contributed by atoms with Crippen LogP contribution in [0.4, 0.5) is 0 Å². The molecule has 0 aliphatic carbocycles. The molecule has 2 amide bonds. The summed E-state index contributed by atoms with van der Waals surface area (Å²) in [6.45, 7) is 4.45. The Hall–Kier alpha value is -1.44. The molecule has 0 radical (unpaired) electrons. The number of aliphatic hydroxyl groups is 1. The van der Waals surface area contributed by atoms with Gasteiger partial charge in [0.1, 0.15) is 12.1 Å². The van der Waals surface area contributed by atoms with E-state index < -0.39 is 12.1 Å². The third kappa shape index (κ3) is 2.64. The van der Waals surface area contributed by atoms with Crippen molar-refractivity contribution >= 4 is 23.2 Å². The zero-order valence-corrected chi connectivity index (χ0v) is 13.7. The molecule has 2 fully saturated rings. The summed E-state index contributed by atoms with van der Waals surface area (Å²) in [7, 11) is 1.60. The lowest BCUT2D eigenvalue weighted by Crippen LogP contribution is -2.69. The van der Waals surface area contributed by atoms with Crippen molar-refractivity contribution in [3.8, 4) is 0 Å². The number of fused-ring (bicyclic) bond motifs is 1. The van der Waals surface area contributed by atoms with E-state index >= 15 is 0 Å². The smallest absolute Gasteiger partial charge is 0.248 e. The molecule has 3 heterocycles. The van der Waals surface area contributed by atoms with Gasteiger partial charge >= 0.3 is 0 Å². The quantitative estimate of drug-likeness (QED) is 0.844. The van der Waals surface area contributed by atoms with Crippen LogP contribution in [0.1, 0.15) is 9.75 Å². The molecule has 3 rings (SSSR count). The van der Waals surface area contributed by atoms with E-state index in [-0.39, 0.29) is 18.4 Å². The van der Waals surface area contributed by atoms with E-state index in [4.69, 9.17) is 0 Å². The highest BCUT2D eigenvalue weighted by atomic mass is 32.1. The van der Waals surface area contributed by atoms with Crippen molar-refractivity contribution in [2.75, 3.05) is 33.3 Å². The maximum absolute atomic E-state index is 12.5. The zero-order valence-electron chi connectivity index (χ0n) is 12.9. The molecule has 0 unspecified atom stereocenters. The first-order valence-electron chi connectivity index (χ1n) is 7.47. The van der Waals surface area contributed by atoms with Gasteiger partial charge in [-0.3, -0.25) is 14.5 Å². The minimum absolute atomic E-state index is 0.0780. The number of carbonyl (C=O) groups excluding carboxylic acids is 2. The molecule has 2 atom stereocenters. The minimum atomic E-state index is -0.727. The number of aliphatic hydroxyl groups excluding tert-OH is 1. The Balaban J connectivity index is 1.72. The maximum atomic E-state index is 12.5. The van der Waals surface area contributed by atoms with E-state index in [1.165, 1.54) is 14.7 Å². The number of rotatable bonds is 3. The van der Waals surface area contributed by atoms with Crippen molar-refractivity contribution in [1.29, 1.82) is 0 Å². The van der Waals surface area contributed by atoms with Crippen molar-refractivity contribution in [1.82, 2.24) is 14.7 Å². The molecule has 0 bridgehead atoms. The first-order chi connectivity index (χ1) is 10.5. The number of hydrogen-bond donors (Lipinski definition) is 1. The van der Waals surface area contributed by atoms with E-state index in [2.05, 4.69) is 24.0 Å². The molecule has 7 heteroatoms. The van der Waals surface area contributed by atoms with Crippen LogP contribution >= 0.6 is 11.3 Å². The molecule has 0 aromatic carbocycles. The molecular formula is C15H21N3O3S. The van der Waals surface area contributed by atoms with Gasteiger partial charge in [-0.25, -0.2) is 0 Å². The highest BCUT2D eigenvalue weighted by Crippen LogP contribution is 2.23. The topological polar surface area (TPSA) is 64.1 Å². The summed E-state index contributed by atoms with van der Waals surface area (Å²) in [5.74, 6) is -0.216. The van der Waals surface area contributed by atoms with Crippen molar-refractivity contribution in [3.63, 3.8) is 0 Å². The van der Waals surface area contributed by atoms with Crippen molar-refractivity contribution < 1.29 is 14.7 Å². The normalized spacial score (nSPS) is 26.5. The van der Waals surface area contributed by atoms with E-state index in [1.54, 1.807) is 23.3 Å². The monoisotopic (exact) mass is 323 g/mol. The van der Waals surface area contributed by atoms with Gasteiger partial charge in [-0.2, -0.15) is 0 Å². The van der Waals surface area contributed by atoms with Crippen LogP contribution in [0.2, 0.25) is 0 Å². The van der Waals surface area contributed by atoms with Crippen LogP contribution < -0.4 is 0 Å². The Kier molecular flexibility index (Phi) is 4.20. The van der Waals surface area contributed by atoms with E-state index in [1.807, 2.05) is 0 Å². The average molecular weight is 323 g/mol. The lowest BCUT2D eigenvalue weighted by Gasteiger charge is -2.47. The third-order valence-electron chi connectivity index (χ3n) is 4.48. The van der Waals surface area contributed by atoms with Gasteiger partial charge < -0.3 is 14.9 Å². The summed E-state index contributed by atoms with van der Waals surface area (Å²) in [6.07, 6.45) is 0. The summed E-state index contributed by atoms with van der Waals surface area (Å²) < 4.78 is 0. The molecule has 1 N–H and O–H groups in total. The fourth-order valence-corrected chi connectivity index (χ4v) is 4.13. The van der Waals surface area contributed by atoms with Crippen molar-refractivity contribution in [2.24, 2.45) is 0 Å². The number of hydrogen-bond acceptors (Lipinski definition) is 5. The average Bonchev–Trinajstić information content (AvgIpc) is 2.90. The van der Waals surface area contributed by atoms with Gasteiger partial charge in [-0.15, -0.1) is 11.3 Å². The molecule has 22 heavy (non-hydrogen) atoms. The van der Waals surface area contributed by atoms with Crippen LogP contribution in [0, 0.1) is 6.92 Å². The Morgan fingerprint density at radius 3 is 2.68 bits per heavy atom. The lowest BCUT2D eigenvalue weighted by atomic mass is 10.0. The number of amides is 2. The second kappa shape index (κ2) is 5.98. The molecule has 1 aromatic heterocycles. The first kappa shape index (κ1) is 15.5. The van der Waals surface area contributed by atoms with Gasteiger partial charge in [0.15, 0.2) is 0 Å². The van der Waals surface area contributed by atoms with Gasteiger partial charge in [0.25, 0.3) is 0 Å². The summed E-state index contributed by atoms with van der Waals surface area (Å²) in [5.41, 5.74) is 0. The number of piperazine rings is 2. The Bertz CT molecular complexity index is 588. The standard InChI is InChI=1S/C15H21N3O3S/c1-10-3-4-11(22-10)7-17-5-6-18-12(8-17)14(20)16(2)13(9-19)15(18)21/h3-4,12-13,19H,5-9H2,1-2H3/t12-,13+/m1/s1. The summed E-state index contributed by atoms with van der Waals surface area (Å²) in [6, 6.07) is 3.07. The van der Waals surface area contributed by atoms with Gasteiger partial charge in [-0.1, -0.05) is 0 Å². The van der Waals surface area contributed by atoms with Crippen LogP contribution in [0.5, 0.6) is 0 Å². The SMILES string of the molecule is Cc1ccc(CN2CCN3C(=O)[C@H](CO)N(C)C(=O)[C@H]3C2)s1. The van der Waals surface area contributed by atoms with E-state index in [9.17, 15) is 14.7 Å². The minimum Gasteiger partial charge on any atom is -0.394 e. The number of thiophene rings is 1. The highest BCUT2D eigenvalue weighted by molar-refractivity contribution is 7.11. The molecule has 2 aliphatic rings. The van der Waals surface area contributed by atoms with Gasteiger partial charge in [0.2, 0.25) is 11.8 Å². The van der Waals surface area contributed by atoms with Crippen LogP contribution in [-0.2, 0) is 16.1 Å². The van der Waals surface area contributed by atoms with Gasteiger partial charge in [0, 0.05) is 43.0 Å². The Morgan fingerprint density at radius 1 is 1.27 bits per heavy atom. The fourth-order valence-electron chi connectivity index (χ4n) is 3.19. The molecule has 2 saturated heterocycles. The van der Waals surface area contributed by atoms with Crippen LogP contribution in [-0.4, -0.2) is 77.0 Å². The fraction of sp³-hybridized carbons (Fsp3) is 0.600. The van der Waals surface area contributed by atoms with Crippen LogP contribution in [0.15, 0.2) is 12.1 Å². The summed E-state index contributed by atoms with van der Waals surface area (Å²) >= 11 is 1.77. The second-order valence-corrected chi connectivity index (χ2v) is 7.31. The first-order valence-corrected chi connectivity index (χ1v) is 8.28. The zero-order chi connectivity index (χ0) is 15.9. The molecule has 6 nitrogen and oxygen atoms in total. The number of aryl methyl sites for hydroxylation is 1. The predicted octanol–water partition coefficient (Wildman–Crippen LogP) is -0.0978. The summed E-state index contributed by atoms with van der Waals surface area (Å²) in [4.78, 5) is 32.7. The Morgan fingerprint density at radius 2 is 2.05 bits per heavy atom. The number of carbonyl (C=O) groups is 2. The second-order valence-electron chi connectivity index (χ2n) is 5.94. The molecule has 120 valence electrons. The number of likely N-dealkylation sites (N-methyl/N-ethyl adjacent to an activating group) is 1. The van der Waals surface area contributed by atoms with E-state index in [0.29, 0.717) is 13.1 Å². The number of nitrogens with zero attached hydrogens (tertiary/aromatic N) is 3. The molecule has 2 aliphatic heterocycles. The lowest BCUT2D eigenvalue weighted by molar-refractivity contribution is -0.165. The molecule has 0 saturated carbocycles. The van der Waals surface area contributed by atoms with E-state index in [0.717, 1.165) is 13.1 Å². The summed E-state index contributed by atoms with van der Waals surface area (Å²) in [5, 5.41) is 9.34. The molecule has 1 aromatic rings. The predicted molar refractivity (Wildman–Crippen MR) is 83.5 cm³/mol. The largest absolute Gasteiger partial charge is 0.394 e. The van der Waals surface area contributed by atoms with Gasteiger partial charge in [0.05, 0.1) is 6.61 Å². The van der Waals surface area contributed by atoms with Crippen LogP contribution in [0.3, 0.4) is 0 Å². The highest BCUT2D eigenvalue weighted by Gasteiger charge is 2.46. The van der Waals surface area contributed by atoms with Crippen molar-refractivity contribution in [2.45, 2.75) is 25.6 Å². The van der Waals surface area contributed by atoms with Crippen LogP contribution in [0.25, 0.3) is 0 Å². The van der Waals surface area contributed by atoms with Crippen molar-refractivity contribution in [3.05, 3.63) is 21.9 Å². The molecule has 0 spiro atoms. The third-order valence-corrected chi connectivity index (χ3v) is 5.47.